The van der Waals surface area contributed by atoms with Crippen molar-refractivity contribution in [1.29, 1.82) is 0 Å². The number of anilines is 1. The molecule has 0 saturated carbocycles. The number of hydrogen-bond donors (Lipinski definition) is 2. The Balaban J connectivity index is 0.00000676. The van der Waals surface area contributed by atoms with Crippen LogP contribution in [0.15, 0.2) is 95.8 Å². The number of sulfone groups is 1. The van der Waals surface area contributed by atoms with Crippen LogP contribution in [-0.4, -0.2) is 65.7 Å². The molecule has 53 heavy (non-hydrogen) atoms. The fourth-order valence-corrected chi connectivity index (χ4v) is 6.86. The number of azo groups is 2. The average Bonchev–Trinajstić information content (AvgIpc) is 2.98. The molecule has 0 spiro atoms. The van der Waals surface area contributed by atoms with Crippen LogP contribution in [-0.2, 0) is 44.7 Å². The molecule has 0 amide bonds. The summed E-state index contributed by atoms with van der Waals surface area (Å²) in [5.41, 5.74) is 2.48. The minimum atomic E-state index is -5.52. The van der Waals surface area contributed by atoms with Gasteiger partial charge in [-0.05, 0) is 59.5 Å². The first-order valence-corrected chi connectivity index (χ1v) is 18.5. The van der Waals surface area contributed by atoms with Gasteiger partial charge in [0.2, 0.25) is 0 Å². The van der Waals surface area contributed by atoms with Gasteiger partial charge >= 0.3 is 129 Å². The molecule has 0 aromatic heterocycles. The monoisotopic (exact) mass is 847 g/mol. The van der Waals surface area contributed by atoms with Gasteiger partial charge in [0.25, 0.3) is 0 Å². The van der Waals surface area contributed by atoms with Gasteiger partial charge in [0, 0.05) is 5.39 Å². The zero-order valence-corrected chi connectivity index (χ0v) is 39.1. The molecule has 0 fully saturated rings. The third-order valence-corrected chi connectivity index (χ3v) is 10.1. The van der Waals surface area contributed by atoms with Crippen LogP contribution in [0.1, 0.15) is 10.4 Å². The Morgan fingerprint density at radius 1 is 0.736 bits per heavy atom. The quantitative estimate of drug-likeness (QED) is 0.0578. The zero-order valence-electron chi connectivity index (χ0n) is 27.8. The summed E-state index contributed by atoms with van der Waals surface area (Å²) in [6.45, 7) is -0.904. The van der Waals surface area contributed by atoms with Crippen LogP contribution in [0.4, 0.5) is 28.4 Å². The Kier molecular flexibility index (Phi) is 20.1. The van der Waals surface area contributed by atoms with Crippen LogP contribution >= 0.6 is 0 Å². The molecule has 260 valence electrons. The summed E-state index contributed by atoms with van der Waals surface area (Å²) in [7, 11) is -20.0. The van der Waals surface area contributed by atoms with E-state index in [0.29, 0.717) is 12.1 Å². The van der Waals surface area contributed by atoms with Crippen LogP contribution in [0.2, 0.25) is 0 Å². The van der Waals surface area contributed by atoms with E-state index < -0.39 is 102 Å². The molecule has 4 aromatic carbocycles. The van der Waals surface area contributed by atoms with Crippen molar-refractivity contribution in [1.82, 2.24) is 0 Å². The fraction of sp³-hybridized carbons (Fsp3) is 0.0800. The molecule has 4 rings (SSSR count). The van der Waals surface area contributed by atoms with Crippen LogP contribution in [0.3, 0.4) is 0 Å². The molecule has 0 aliphatic carbocycles. The van der Waals surface area contributed by atoms with Crippen LogP contribution < -0.4 is 134 Å². The summed E-state index contributed by atoms with van der Waals surface area (Å²) in [5, 5.41) is 37.9. The van der Waals surface area contributed by atoms with Crippen molar-refractivity contribution in [3.63, 3.8) is 0 Å². The molecular weight excluding hydrogens is 831 g/mol. The van der Waals surface area contributed by atoms with Crippen LogP contribution in [0.5, 0.6) is 5.75 Å². The number of carboxylic acids is 1. The molecule has 0 aliphatic heterocycles. The van der Waals surface area contributed by atoms with Crippen molar-refractivity contribution in [2.75, 3.05) is 18.1 Å². The Morgan fingerprint density at radius 3 is 1.75 bits per heavy atom. The van der Waals surface area contributed by atoms with Crippen molar-refractivity contribution in [3.8, 4) is 5.75 Å². The van der Waals surface area contributed by atoms with Gasteiger partial charge in [-0.15, -0.1) is 10.2 Å². The second-order valence-electron chi connectivity index (χ2n) is 9.50. The number of rotatable bonds is 12. The van der Waals surface area contributed by atoms with Gasteiger partial charge in [-0.25, -0.2) is 29.4 Å². The van der Waals surface area contributed by atoms with Gasteiger partial charge < -0.3 is 29.8 Å². The first-order chi connectivity index (χ1) is 22.6. The van der Waals surface area contributed by atoms with E-state index in [2.05, 4.69) is 24.6 Å². The Morgan fingerprint density at radius 2 is 1.25 bits per heavy atom. The topological polar surface area (TPSA) is 351 Å². The number of hydrogen-bond acceptors (Lipinski definition) is 19. The van der Waals surface area contributed by atoms with Gasteiger partial charge in [-0.1, -0.05) is 17.9 Å². The minimum Gasteiger partial charge on any atom is -0.870 e. The molecule has 28 heteroatoms. The summed E-state index contributed by atoms with van der Waals surface area (Å²) >= 11 is 0. The summed E-state index contributed by atoms with van der Waals surface area (Å²) in [6.07, 6.45) is 0. The normalized spacial score (nSPS) is 12.1. The van der Waals surface area contributed by atoms with E-state index in [-0.39, 0.29) is 140 Å². The minimum absolute atomic E-state index is 0. The number of nitrogens with zero attached hydrogens (tertiary/aromatic N) is 4. The first kappa shape index (κ1) is 52.1. The standard InChI is InChI=1S/C25H21N5O15S4.4Na/c26-21-20-14(12-19(48(39,40)41)23(24(20)31)30-28-16-3-1-2-13(10-16)25(32)33)11-18(47(36,37)38)22(21)29-27-15-4-6-17(7-5-15)46(34,35)9-8-45-49(42,43)44;;;;/h1-7,10-12,31H,8-9,26H2,(H,32,33)(H,36,37,38)(H,39,40,41)(H,42,43,44);;;;/q;4*+1/p-4. The maximum Gasteiger partial charge on any atom is 1.00 e. The summed E-state index contributed by atoms with van der Waals surface area (Å²) in [6, 6.07) is 9.67. The predicted octanol–water partition coefficient (Wildman–Crippen LogP) is -10.9. The first-order valence-electron chi connectivity index (χ1n) is 12.7. The largest absolute Gasteiger partial charge is 1.00 e. The van der Waals surface area contributed by atoms with Gasteiger partial charge in [0.1, 0.15) is 25.9 Å². The van der Waals surface area contributed by atoms with E-state index in [0.717, 1.165) is 36.4 Å². The number of nitrogens with two attached hydrogens (primary N) is 1. The number of benzene rings is 4. The van der Waals surface area contributed by atoms with Crippen molar-refractivity contribution in [2.24, 2.45) is 20.5 Å². The number of carbonyl (C=O) groups excluding carboxylic acids is 1. The summed E-state index contributed by atoms with van der Waals surface area (Å²) in [5.74, 6) is -3.84. The van der Waals surface area contributed by atoms with E-state index in [4.69, 9.17) is 10.3 Å². The van der Waals surface area contributed by atoms with Crippen LogP contribution in [0.25, 0.3) is 10.8 Å². The SMILES string of the molecule is Nc1c(N=Nc2ccc(S(=O)(=O)CCOS(=O)(=O)O)cc2)c(S(=O)(=O)[O-])cc2cc(S(=O)(=O)[O-])c(N=Nc3cccc(C(=O)[O-])c3)c([O-])c12.[Na+].[Na+].[Na+].[Na+]. The smallest absolute Gasteiger partial charge is 0.870 e. The summed E-state index contributed by atoms with van der Waals surface area (Å²) in [4.78, 5) is 8.31. The molecule has 0 atom stereocenters. The van der Waals surface area contributed by atoms with E-state index >= 15 is 0 Å². The number of nitrogen functional groups attached to an aromatic ring is 1. The zero-order chi connectivity index (χ0) is 36.5. The molecule has 0 heterocycles. The van der Waals surface area contributed by atoms with Gasteiger partial charge in [-0.2, -0.15) is 18.6 Å². The third-order valence-electron chi connectivity index (χ3n) is 6.23. The molecule has 20 nitrogen and oxygen atoms in total. The maximum atomic E-state index is 13.5. The van der Waals surface area contributed by atoms with Gasteiger partial charge in [0.15, 0.2) is 9.84 Å². The second kappa shape index (κ2) is 20.5. The van der Waals surface area contributed by atoms with Gasteiger partial charge in [0.05, 0.1) is 55.8 Å². The van der Waals surface area contributed by atoms with Crippen molar-refractivity contribution in [2.45, 2.75) is 14.7 Å². The molecular formula is C25H17N5Na4O15S4. The molecule has 0 saturated heterocycles. The predicted molar refractivity (Wildman–Crippen MR) is 159 cm³/mol. The number of carbonyl (C=O) groups is 1. The maximum absolute atomic E-state index is 13.5. The molecule has 0 bridgehead atoms. The number of carboxylic acid groups (broad SMARTS) is 1. The summed E-state index contributed by atoms with van der Waals surface area (Å²) < 4.78 is 131. The Bertz CT molecular complexity index is 2520. The van der Waals surface area contributed by atoms with Crippen LogP contribution in [0, 0.1) is 0 Å². The van der Waals surface area contributed by atoms with Crippen molar-refractivity contribution < 1.29 is 185 Å². The number of aromatic carboxylic acids is 1. The van der Waals surface area contributed by atoms with Crippen molar-refractivity contribution >= 4 is 85.7 Å². The van der Waals surface area contributed by atoms with E-state index in [1.165, 1.54) is 12.1 Å². The van der Waals surface area contributed by atoms with Gasteiger partial charge in [-0.3, -0.25) is 4.55 Å². The molecule has 0 aliphatic rings. The van der Waals surface area contributed by atoms with E-state index in [1.807, 2.05) is 0 Å². The van der Waals surface area contributed by atoms with E-state index in [1.54, 1.807) is 0 Å². The van der Waals surface area contributed by atoms with Crippen molar-refractivity contribution in [3.05, 3.63) is 66.2 Å². The molecule has 0 radical (unpaired) electrons. The Hall–Kier alpha value is -0.950. The third kappa shape index (κ3) is 13.6. The molecule has 0 unspecified atom stereocenters. The molecule has 3 N–H and O–H groups in total. The Labute approximate surface area is 390 Å². The average molecular weight is 848 g/mol. The second-order valence-corrected chi connectivity index (χ2v) is 15.4. The molecule has 4 aromatic rings. The number of fused-ring (bicyclic) bond motifs is 1. The fourth-order valence-electron chi connectivity index (χ4n) is 4.07. The van der Waals surface area contributed by atoms with E-state index in [9.17, 15) is 57.8 Å².